The second-order valence-corrected chi connectivity index (χ2v) is 5.94. The third-order valence-corrected chi connectivity index (χ3v) is 4.36. The van der Waals surface area contributed by atoms with Crippen LogP contribution in [0.4, 0.5) is 20.4 Å². The van der Waals surface area contributed by atoms with E-state index in [4.69, 9.17) is 5.73 Å². The lowest BCUT2D eigenvalue weighted by Gasteiger charge is -2.07. The van der Waals surface area contributed by atoms with Crippen LogP contribution >= 0.6 is 0 Å². The normalized spacial score (nSPS) is 12.6. The Morgan fingerprint density at radius 3 is 2.62 bits per heavy atom. The van der Waals surface area contributed by atoms with Crippen molar-refractivity contribution in [3.05, 3.63) is 77.5 Å². The Kier molecular flexibility index (Phi) is 2.94. The molecule has 2 N–H and O–H groups in total. The first kappa shape index (κ1) is 14.7. The van der Waals surface area contributed by atoms with E-state index in [1.54, 1.807) is 16.8 Å². The van der Waals surface area contributed by atoms with E-state index in [1.807, 2.05) is 24.3 Å². The number of hydrogen-bond donors (Lipinski definition) is 1. The van der Waals surface area contributed by atoms with E-state index in [0.29, 0.717) is 28.2 Å². The molecule has 1 aliphatic rings. The number of aliphatic imine (C=N–C) groups is 1. The van der Waals surface area contributed by atoms with Crippen LogP contribution in [0.15, 0.2) is 59.7 Å². The summed E-state index contributed by atoms with van der Waals surface area (Å²) in [6, 6.07) is 12.6. The molecule has 5 nitrogen and oxygen atoms in total. The van der Waals surface area contributed by atoms with E-state index in [1.165, 1.54) is 12.1 Å². The molecule has 26 heavy (non-hydrogen) atoms. The van der Waals surface area contributed by atoms with Crippen molar-refractivity contribution in [3.63, 3.8) is 0 Å². The molecule has 0 fully saturated rings. The van der Waals surface area contributed by atoms with Gasteiger partial charge in [0.05, 0.1) is 11.4 Å². The minimum Gasteiger partial charge on any atom is -0.367 e. The summed E-state index contributed by atoms with van der Waals surface area (Å²) in [6.45, 7) is 0. The fraction of sp³-hybridized carbons (Fsp3) is 0. The van der Waals surface area contributed by atoms with Crippen molar-refractivity contribution in [1.29, 1.82) is 0 Å². The molecule has 0 radical (unpaired) electrons. The minimum absolute atomic E-state index is 0.126. The highest BCUT2D eigenvalue weighted by molar-refractivity contribution is 6.20. The standard InChI is InChI=1S/C19H11F2N5/c20-10-5-6-11(14(21)9-10)16-13-7-8-26-18(13)17(24-19(22)25-26)12-3-1-2-4-15(12)23-16/h1-9H,(H2,22,25). The zero-order valence-electron chi connectivity index (χ0n) is 13.3. The van der Waals surface area contributed by atoms with Crippen LogP contribution in [-0.2, 0) is 0 Å². The third-order valence-electron chi connectivity index (χ3n) is 4.36. The SMILES string of the molecule is Nc1nc2c3c(ccn3n1)C(c1ccc(F)cc1F)=Nc1ccccc1-2. The van der Waals surface area contributed by atoms with Crippen LogP contribution in [0.25, 0.3) is 16.8 Å². The molecule has 0 spiro atoms. The maximum Gasteiger partial charge on any atom is 0.238 e. The van der Waals surface area contributed by atoms with Crippen LogP contribution in [0, 0.1) is 11.6 Å². The number of hydrogen-bond acceptors (Lipinski definition) is 4. The Morgan fingerprint density at radius 1 is 0.923 bits per heavy atom. The number of nitrogens with two attached hydrogens (primary N) is 1. The number of aromatic nitrogens is 3. The topological polar surface area (TPSA) is 68.6 Å². The largest absolute Gasteiger partial charge is 0.367 e. The predicted octanol–water partition coefficient (Wildman–Crippen LogP) is 3.74. The molecule has 1 aliphatic heterocycles. The Bertz CT molecular complexity index is 1230. The van der Waals surface area contributed by atoms with Gasteiger partial charge in [0.25, 0.3) is 0 Å². The summed E-state index contributed by atoms with van der Waals surface area (Å²) in [7, 11) is 0. The molecule has 0 saturated heterocycles. The Labute approximate surface area is 146 Å². The lowest BCUT2D eigenvalue weighted by atomic mass is 10.0. The molecule has 7 heteroatoms. The molecular weight excluding hydrogens is 336 g/mol. The maximum absolute atomic E-state index is 14.5. The summed E-state index contributed by atoms with van der Waals surface area (Å²) < 4.78 is 29.5. The average Bonchev–Trinajstić information content (AvgIpc) is 2.97. The molecule has 2 aromatic carbocycles. The number of rotatable bonds is 1. The van der Waals surface area contributed by atoms with Crippen molar-refractivity contribution in [2.75, 3.05) is 5.73 Å². The summed E-state index contributed by atoms with van der Waals surface area (Å²) >= 11 is 0. The van der Waals surface area contributed by atoms with Gasteiger partial charge in [0.2, 0.25) is 5.95 Å². The highest BCUT2D eigenvalue weighted by Crippen LogP contribution is 2.38. The smallest absolute Gasteiger partial charge is 0.238 e. The number of halogens is 2. The fourth-order valence-electron chi connectivity index (χ4n) is 3.26. The Hall–Kier alpha value is -3.61. The van der Waals surface area contributed by atoms with Gasteiger partial charge in [-0.2, -0.15) is 0 Å². The summed E-state index contributed by atoms with van der Waals surface area (Å²) in [6.07, 6.45) is 1.72. The molecule has 0 aliphatic carbocycles. The van der Waals surface area contributed by atoms with E-state index >= 15 is 0 Å². The first-order valence-electron chi connectivity index (χ1n) is 7.90. The van der Waals surface area contributed by atoms with E-state index < -0.39 is 11.6 Å². The molecule has 0 unspecified atom stereocenters. The van der Waals surface area contributed by atoms with Crippen LogP contribution in [-0.4, -0.2) is 20.3 Å². The fourth-order valence-corrected chi connectivity index (χ4v) is 3.26. The van der Waals surface area contributed by atoms with Crippen molar-refractivity contribution in [1.82, 2.24) is 14.6 Å². The molecule has 5 rings (SSSR count). The van der Waals surface area contributed by atoms with Gasteiger partial charge in [-0.3, -0.25) is 0 Å². The highest BCUT2D eigenvalue weighted by Gasteiger charge is 2.24. The molecule has 126 valence electrons. The predicted molar refractivity (Wildman–Crippen MR) is 94.5 cm³/mol. The van der Waals surface area contributed by atoms with Gasteiger partial charge in [-0.25, -0.2) is 23.3 Å². The van der Waals surface area contributed by atoms with Crippen molar-refractivity contribution >= 4 is 22.9 Å². The molecule has 0 amide bonds. The highest BCUT2D eigenvalue weighted by atomic mass is 19.1. The van der Waals surface area contributed by atoms with E-state index in [9.17, 15) is 8.78 Å². The quantitative estimate of drug-likeness (QED) is 0.502. The van der Waals surface area contributed by atoms with Crippen molar-refractivity contribution in [2.24, 2.45) is 4.99 Å². The van der Waals surface area contributed by atoms with Gasteiger partial charge in [-0.05, 0) is 24.3 Å². The van der Waals surface area contributed by atoms with Crippen LogP contribution < -0.4 is 5.73 Å². The lowest BCUT2D eigenvalue weighted by Crippen LogP contribution is -2.07. The minimum atomic E-state index is -0.680. The van der Waals surface area contributed by atoms with Crippen molar-refractivity contribution in [3.8, 4) is 11.3 Å². The zero-order chi connectivity index (χ0) is 17.8. The number of nitrogens with zero attached hydrogens (tertiary/aromatic N) is 4. The molecule has 0 saturated carbocycles. The first-order chi connectivity index (χ1) is 12.6. The van der Waals surface area contributed by atoms with Gasteiger partial charge in [0, 0.05) is 29.0 Å². The van der Waals surface area contributed by atoms with Gasteiger partial charge in [-0.1, -0.05) is 18.2 Å². The average molecular weight is 347 g/mol. The van der Waals surface area contributed by atoms with E-state index in [-0.39, 0.29) is 11.5 Å². The number of fused-ring (bicyclic) bond motifs is 2. The van der Waals surface area contributed by atoms with Crippen molar-refractivity contribution < 1.29 is 8.78 Å². The first-order valence-corrected chi connectivity index (χ1v) is 7.90. The molecule has 3 heterocycles. The summed E-state index contributed by atoms with van der Waals surface area (Å²) in [4.78, 5) is 9.06. The third kappa shape index (κ3) is 2.03. The summed E-state index contributed by atoms with van der Waals surface area (Å²) in [5, 5.41) is 4.19. The van der Waals surface area contributed by atoms with Crippen LogP contribution in [0.3, 0.4) is 0 Å². The molecule has 0 atom stereocenters. The van der Waals surface area contributed by atoms with E-state index in [2.05, 4.69) is 15.1 Å². The second kappa shape index (κ2) is 5.19. The zero-order valence-corrected chi connectivity index (χ0v) is 13.3. The molecule has 4 aromatic rings. The number of anilines is 1. The van der Waals surface area contributed by atoms with E-state index in [0.717, 1.165) is 11.6 Å². The number of benzene rings is 2. The van der Waals surface area contributed by atoms with Gasteiger partial charge in [0.1, 0.15) is 22.8 Å². The molecule has 2 aromatic heterocycles. The Balaban J connectivity index is 1.93. The number of para-hydroxylation sites is 1. The van der Waals surface area contributed by atoms with Crippen molar-refractivity contribution in [2.45, 2.75) is 0 Å². The monoisotopic (exact) mass is 347 g/mol. The Morgan fingerprint density at radius 2 is 1.77 bits per heavy atom. The lowest BCUT2D eigenvalue weighted by molar-refractivity contribution is 0.582. The second-order valence-electron chi connectivity index (χ2n) is 5.94. The van der Waals surface area contributed by atoms with Crippen LogP contribution in [0.1, 0.15) is 11.1 Å². The van der Waals surface area contributed by atoms with Gasteiger partial charge in [0.15, 0.2) is 0 Å². The number of nitrogen functional groups attached to an aromatic ring is 1. The van der Waals surface area contributed by atoms with Crippen LogP contribution in [0.5, 0.6) is 0 Å². The molecular formula is C19H11F2N5. The molecule has 0 bridgehead atoms. The summed E-state index contributed by atoms with van der Waals surface area (Å²) in [5.41, 5.74) is 9.79. The van der Waals surface area contributed by atoms with Gasteiger partial charge < -0.3 is 5.73 Å². The summed E-state index contributed by atoms with van der Waals surface area (Å²) in [5.74, 6) is -1.19. The van der Waals surface area contributed by atoms with Gasteiger partial charge in [-0.15, -0.1) is 5.10 Å². The van der Waals surface area contributed by atoms with Crippen LogP contribution in [0.2, 0.25) is 0 Å². The van der Waals surface area contributed by atoms with Gasteiger partial charge >= 0.3 is 0 Å². The maximum atomic E-state index is 14.5.